The summed E-state index contributed by atoms with van der Waals surface area (Å²) < 4.78 is 89.7. The zero-order valence-electron chi connectivity index (χ0n) is 20.8. The zero-order chi connectivity index (χ0) is 30.0. The number of carbonyl (C=O) groups excluding carboxylic acids is 2. The molecule has 0 bridgehead atoms. The lowest BCUT2D eigenvalue weighted by Crippen LogP contribution is -2.37. The average Bonchev–Trinajstić information content (AvgIpc) is 3.25. The molecule has 18 heteroatoms. The summed E-state index contributed by atoms with van der Waals surface area (Å²) in [6.07, 6.45) is -7.94. The number of benzene rings is 1. The summed E-state index contributed by atoms with van der Waals surface area (Å²) in [4.78, 5) is 36.2. The molecule has 2 aromatic heterocycles. The first-order valence-electron chi connectivity index (χ1n) is 11.1. The van der Waals surface area contributed by atoms with Crippen LogP contribution in [0.1, 0.15) is 50.8 Å². The lowest BCUT2D eigenvalue weighted by atomic mass is 10.1. The number of carbonyl (C=O) groups is 2. The van der Waals surface area contributed by atoms with E-state index in [0.717, 1.165) is 6.20 Å². The minimum atomic E-state index is -5.23. The van der Waals surface area contributed by atoms with E-state index in [0.29, 0.717) is 0 Å². The van der Waals surface area contributed by atoms with Crippen molar-refractivity contribution < 1.29 is 40.1 Å². The van der Waals surface area contributed by atoms with E-state index in [2.05, 4.69) is 30.7 Å². The number of hydrogen-bond acceptors (Lipinski definition) is 7. The molecule has 0 saturated heterocycles. The van der Waals surface area contributed by atoms with Gasteiger partial charge >= 0.3 is 12.4 Å². The number of nitrogens with one attached hydrogen (secondary N) is 2. The van der Waals surface area contributed by atoms with E-state index in [9.17, 15) is 40.1 Å². The van der Waals surface area contributed by atoms with E-state index >= 15 is 0 Å². The van der Waals surface area contributed by atoms with Gasteiger partial charge in [0.1, 0.15) is 12.4 Å². The van der Waals surface area contributed by atoms with Gasteiger partial charge < -0.3 is 10.6 Å². The molecule has 3 aromatic rings. The fourth-order valence-corrected chi connectivity index (χ4v) is 4.50. The third-order valence-electron chi connectivity index (χ3n) is 5.09. The van der Waals surface area contributed by atoms with E-state index in [1.54, 1.807) is 6.92 Å². The molecule has 0 aliphatic carbocycles. The van der Waals surface area contributed by atoms with Crippen LogP contribution in [0.4, 0.5) is 32.0 Å². The van der Waals surface area contributed by atoms with E-state index < -0.39 is 59.2 Å². The van der Waals surface area contributed by atoms with Crippen LogP contribution in [0.3, 0.4) is 0 Å². The molecule has 10 nitrogen and oxygen atoms in total. The number of alkyl halides is 6. The van der Waals surface area contributed by atoms with Crippen LogP contribution >= 0.6 is 11.6 Å². The van der Waals surface area contributed by atoms with Gasteiger partial charge in [0.25, 0.3) is 17.6 Å². The molecule has 0 spiro atoms. The largest absolute Gasteiger partial charge is 0.453 e. The predicted octanol–water partition coefficient (Wildman–Crippen LogP) is 3.86. The number of hydrogen-bond donors (Lipinski definition) is 2. The van der Waals surface area contributed by atoms with Crippen molar-refractivity contribution in [2.75, 3.05) is 17.3 Å². The van der Waals surface area contributed by atoms with Crippen LogP contribution in [-0.4, -0.2) is 58.8 Å². The van der Waals surface area contributed by atoms with E-state index in [1.807, 2.05) is 0 Å². The first-order valence-corrected chi connectivity index (χ1v) is 13.2. The summed E-state index contributed by atoms with van der Waals surface area (Å²) in [5.74, 6) is -5.53. The minimum Gasteiger partial charge on any atom is -0.349 e. The van der Waals surface area contributed by atoms with Crippen LogP contribution in [0.25, 0.3) is 0 Å². The molecule has 1 aromatic carbocycles. The normalized spacial score (nSPS) is 13.6. The van der Waals surface area contributed by atoms with Crippen molar-refractivity contribution in [1.82, 2.24) is 30.0 Å². The minimum absolute atomic E-state index is 0.000414. The molecule has 2 amide bonds. The van der Waals surface area contributed by atoms with Crippen molar-refractivity contribution >= 4 is 39.9 Å². The second-order valence-corrected chi connectivity index (χ2v) is 10.3. The lowest BCUT2D eigenvalue weighted by molar-refractivity contribution is -0.150. The van der Waals surface area contributed by atoms with E-state index in [4.69, 9.17) is 11.6 Å². The van der Waals surface area contributed by atoms with Gasteiger partial charge in [0, 0.05) is 28.9 Å². The summed E-state index contributed by atoms with van der Waals surface area (Å²) >= 11 is 6.17. The quantitative estimate of drug-likeness (QED) is 0.370. The van der Waals surface area contributed by atoms with E-state index in [1.165, 1.54) is 31.4 Å². The van der Waals surface area contributed by atoms with Crippen molar-refractivity contribution in [3.63, 3.8) is 0 Å². The van der Waals surface area contributed by atoms with Gasteiger partial charge in [0.15, 0.2) is 0 Å². The maximum absolute atomic E-state index is 13.2. The van der Waals surface area contributed by atoms with E-state index in [-0.39, 0.29) is 43.8 Å². The molecule has 2 heterocycles. The van der Waals surface area contributed by atoms with Crippen LogP contribution < -0.4 is 10.6 Å². The SMILES string of the molecule is Cc1nc(Cn2nc(C(F)(F)F)nc2C(F)(F)F)ncc1NC(=O)c1cccc(Cl)c1C(=O)N[C@@H](C)CS(C)=O. The number of aryl methyl sites for hydroxylation is 1. The van der Waals surface area contributed by atoms with Crippen molar-refractivity contribution in [3.05, 3.63) is 63.7 Å². The second kappa shape index (κ2) is 11.9. The molecule has 3 rings (SSSR count). The van der Waals surface area contributed by atoms with Crippen molar-refractivity contribution in [2.24, 2.45) is 0 Å². The first kappa shape index (κ1) is 30.9. The number of anilines is 1. The monoisotopic (exact) mass is 611 g/mol. The zero-order valence-corrected chi connectivity index (χ0v) is 22.4. The van der Waals surface area contributed by atoms with Crippen molar-refractivity contribution in [3.8, 4) is 0 Å². The third kappa shape index (κ3) is 7.53. The Labute approximate surface area is 230 Å². The molecule has 2 N–H and O–H groups in total. The third-order valence-corrected chi connectivity index (χ3v) is 6.38. The highest BCUT2D eigenvalue weighted by molar-refractivity contribution is 7.84. The van der Waals surface area contributed by atoms with Crippen molar-refractivity contribution in [1.29, 1.82) is 0 Å². The second-order valence-electron chi connectivity index (χ2n) is 8.43. The van der Waals surface area contributed by atoms with Crippen LogP contribution in [-0.2, 0) is 29.7 Å². The molecule has 1 unspecified atom stereocenters. The van der Waals surface area contributed by atoms with Gasteiger partial charge in [-0.3, -0.25) is 13.8 Å². The van der Waals surface area contributed by atoms with Gasteiger partial charge in [0.2, 0.25) is 5.82 Å². The molecule has 216 valence electrons. The first-order chi connectivity index (χ1) is 18.5. The molecule has 0 aliphatic rings. The summed E-state index contributed by atoms with van der Waals surface area (Å²) in [6, 6.07) is 3.65. The Hall–Kier alpha value is -3.60. The Morgan fingerprint density at radius 2 is 1.77 bits per heavy atom. The van der Waals surface area contributed by atoms with Gasteiger partial charge in [-0.1, -0.05) is 17.7 Å². The number of rotatable bonds is 8. The van der Waals surface area contributed by atoms with Gasteiger partial charge in [-0.2, -0.15) is 31.3 Å². The fraction of sp³-hybridized carbons (Fsp3) is 0.364. The van der Waals surface area contributed by atoms with Crippen LogP contribution in [0, 0.1) is 6.92 Å². The molecule has 0 saturated carbocycles. The van der Waals surface area contributed by atoms with Crippen LogP contribution in [0.15, 0.2) is 24.4 Å². The molecular formula is C22H20ClF6N7O3S. The fourth-order valence-electron chi connectivity index (χ4n) is 3.45. The number of nitrogens with zero attached hydrogens (tertiary/aromatic N) is 5. The van der Waals surface area contributed by atoms with Crippen molar-refractivity contribution in [2.45, 2.75) is 38.8 Å². The van der Waals surface area contributed by atoms with Gasteiger partial charge in [-0.25, -0.2) is 14.6 Å². The lowest BCUT2D eigenvalue weighted by Gasteiger charge is -2.16. The Balaban J connectivity index is 1.84. The summed E-state index contributed by atoms with van der Waals surface area (Å²) in [6.45, 7) is 2.09. The highest BCUT2D eigenvalue weighted by Crippen LogP contribution is 2.32. The summed E-state index contributed by atoms with van der Waals surface area (Å²) in [5.41, 5.74) is -0.233. The smallest absolute Gasteiger partial charge is 0.349 e. The Morgan fingerprint density at radius 1 is 1.10 bits per heavy atom. The molecule has 40 heavy (non-hydrogen) atoms. The molecule has 0 radical (unpaired) electrons. The standard InChI is InChI=1S/C22H20ClF6N7O3S/c1-10(9-40(3)39)31-18(38)16-12(5-4-6-13(16)23)17(37)33-14-7-30-15(32-11(14)2)8-36-20(22(27,28)29)34-19(35-36)21(24,25)26/h4-7,10H,8-9H2,1-3H3,(H,31,38)(H,33,37)/t10-,40?/m0/s1. The molecule has 0 fully saturated rings. The van der Waals surface area contributed by atoms with Gasteiger partial charge in [-0.15, -0.1) is 5.10 Å². The summed E-state index contributed by atoms with van der Waals surface area (Å²) in [5, 5.41) is 7.94. The van der Waals surface area contributed by atoms with Gasteiger partial charge in [-0.05, 0) is 26.0 Å². The Bertz CT molecular complexity index is 1460. The number of aromatic nitrogens is 5. The number of amides is 2. The predicted molar refractivity (Wildman–Crippen MR) is 131 cm³/mol. The maximum Gasteiger partial charge on any atom is 0.453 e. The van der Waals surface area contributed by atoms with Gasteiger partial charge in [0.05, 0.1) is 33.7 Å². The number of halogens is 7. The highest BCUT2D eigenvalue weighted by atomic mass is 35.5. The Morgan fingerprint density at radius 3 is 2.35 bits per heavy atom. The van der Waals surface area contributed by atoms with Crippen LogP contribution in [0.2, 0.25) is 5.02 Å². The summed E-state index contributed by atoms with van der Waals surface area (Å²) in [7, 11) is -1.20. The topological polar surface area (TPSA) is 132 Å². The molecule has 2 atom stereocenters. The highest BCUT2D eigenvalue weighted by Gasteiger charge is 2.44. The Kier molecular flexibility index (Phi) is 9.18. The average molecular weight is 612 g/mol. The van der Waals surface area contributed by atoms with Crippen LogP contribution in [0.5, 0.6) is 0 Å². The molecular weight excluding hydrogens is 592 g/mol. The maximum atomic E-state index is 13.2. The molecule has 0 aliphatic heterocycles.